The fourth-order valence-corrected chi connectivity index (χ4v) is 1.64. The summed E-state index contributed by atoms with van der Waals surface area (Å²) in [5, 5.41) is 2.83. The highest BCUT2D eigenvalue weighted by molar-refractivity contribution is 5.77. The lowest BCUT2D eigenvalue weighted by atomic mass is 10.1. The lowest BCUT2D eigenvalue weighted by molar-refractivity contribution is -0.121. The molecule has 0 aliphatic heterocycles. The number of carbonyl (C=O) groups is 1. The van der Waals surface area contributed by atoms with E-state index in [4.69, 9.17) is 12.2 Å². The summed E-state index contributed by atoms with van der Waals surface area (Å²) in [7, 11) is 0. The first kappa shape index (κ1) is 12.1. The van der Waals surface area contributed by atoms with Crippen LogP contribution in [0.2, 0.25) is 0 Å². The number of amides is 1. The van der Waals surface area contributed by atoms with Crippen LogP contribution in [-0.2, 0) is 4.79 Å². The number of hydrogen-bond acceptors (Lipinski definition) is 2. The van der Waals surface area contributed by atoms with E-state index in [1.54, 1.807) is 0 Å². The molecule has 0 heterocycles. The lowest BCUT2D eigenvalue weighted by Crippen LogP contribution is -2.38. The first-order valence-corrected chi connectivity index (χ1v) is 5.68. The van der Waals surface area contributed by atoms with Gasteiger partial charge in [0.2, 0.25) is 5.91 Å². The topological polar surface area (TPSA) is 55.1 Å². The minimum Gasteiger partial charge on any atom is -0.342 e. The van der Waals surface area contributed by atoms with Gasteiger partial charge in [0.05, 0.1) is 6.04 Å². The third-order valence-electron chi connectivity index (χ3n) is 2.76. The van der Waals surface area contributed by atoms with E-state index in [1.807, 2.05) is 6.92 Å². The smallest absolute Gasteiger partial charge is 0.222 e. The highest BCUT2D eigenvalue weighted by Gasteiger charge is 2.29. The Balaban J connectivity index is 2.24. The minimum atomic E-state index is -0.131. The maximum Gasteiger partial charge on any atom is 0.222 e. The van der Waals surface area contributed by atoms with Crippen molar-refractivity contribution in [3.05, 3.63) is 0 Å². The first-order valence-electron chi connectivity index (χ1n) is 5.68. The predicted octanol–water partition coefficient (Wildman–Crippen LogP) is 1.03. The van der Waals surface area contributed by atoms with Crippen molar-refractivity contribution in [1.29, 1.82) is 0 Å². The van der Waals surface area contributed by atoms with Gasteiger partial charge in [-0.25, -0.2) is 0 Å². The summed E-state index contributed by atoms with van der Waals surface area (Å²) >= 11 is 0. The largest absolute Gasteiger partial charge is 0.342 e. The van der Waals surface area contributed by atoms with E-state index in [0.29, 0.717) is 12.3 Å². The van der Waals surface area contributed by atoms with Crippen LogP contribution in [0, 0.1) is 18.3 Å². The number of rotatable bonds is 6. The summed E-state index contributed by atoms with van der Waals surface area (Å²) < 4.78 is 0. The van der Waals surface area contributed by atoms with Gasteiger partial charge >= 0.3 is 0 Å². The summed E-state index contributed by atoms with van der Waals surface area (Å²) in [6, 6.07) is -0.112. The monoisotopic (exact) mass is 208 g/mol. The van der Waals surface area contributed by atoms with E-state index in [-0.39, 0.29) is 18.0 Å². The molecule has 0 bridgehead atoms. The molecule has 1 aliphatic carbocycles. The summed E-state index contributed by atoms with van der Waals surface area (Å²) in [5.74, 6) is 3.13. The van der Waals surface area contributed by atoms with Crippen molar-refractivity contribution in [2.75, 3.05) is 0 Å². The van der Waals surface area contributed by atoms with E-state index in [1.165, 1.54) is 12.8 Å². The normalized spacial score (nSPS) is 19.0. The van der Waals surface area contributed by atoms with Gasteiger partial charge in [0.1, 0.15) is 0 Å². The van der Waals surface area contributed by atoms with Crippen molar-refractivity contribution in [1.82, 2.24) is 5.32 Å². The number of nitrogens with two attached hydrogens (primary N) is 1. The molecule has 0 radical (unpaired) electrons. The minimum absolute atomic E-state index is 0.00852. The van der Waals surface area contributed by atoms with E-state index in [2.05, 4.69) is 11.2 Å². The van der Waals surface area contributed by atoms with Crippen LogP contribution in [0.4, 0.5) is 0 Å². The van der Waals surface area contributed by atoms with Crippen LogP contribution in [0.5, 0.6) is 0 Å². The standard InChI is InChI=1S/C12H20N2O/c1-3-5-10(4-2)14-12(15)8-11(13)9-6-7-9/h2,9-11H,3,5-8,13H2,1H3,(H,14,15). The average molecular weight is 208 g/mol. The average Bonchev–Trinajstić information content (AvgIpc) is 2.99. The Bertz CT molecular complexity index is 253. The highest BCUT2D eigenvalue weighted by Crippen LogP contribution is 2.32. The summed E-state index contributed by atoms with van der Waals surface area (Å²) in [4.78, 5) is 11.5. The Labute approximate surface area is 91.8 Å². The summed E-state index contributed by atoms with van der Waals surface area (Å²) in [6.45, 7) is 2.05. The van der Waals surface area contributed by atoms with Gasteiger partial charge in [0.25, 0.3) is 0 Å². The Kier molecular flexibility index (Phi) is 4.64. The van der Waals surface area contributed by atoms with Crippen LogP contribution >= 0.6 is 0 Å². The van der Waals surface area contributed by atoms with Crippen LogP contribution in [0.15, 0.2) is 0 Å². The van der Waals surface area contributed by atoms with E-state index in [9.17, 15) is 4.79 Å². The molecule has 84 valence electrons. The third kappa shape index (κ3) is 4.35. The maximum atomic E-state index is 11.5. The Hall–Kier alpha value is -1.01. The SMILES string of the molecule is C#CC(CCC)NC(=O)CC(N)C1CC1. The molecule has 1 rings (SSSR count). The molecular formula is C12H20N2O. The molecule has 1 aliphatic rings. The van der Waals surface area contributed by atoms with Crippen molar-refractivity contribution in [2.24, 2.45) is 11.7 Å². The highest BCUT2D eigenvalue weighted by atomic mass is 16.1. The van der Waals surface area contributed by atoms with Gasteiger partial charge in [-0.1, -0.05) is 19.3 Å². The van der Waals surface area contributed by atoms with Crippen molar-refractivity contribution in [2.45, 2.75) is 51.1 Å². The zero-order valence-electron chi connectivity index (χ0n) is 9.33. The van der Waals surface area contributed by atoms with Crippen molar-refractivity contribution < 1.29 is 4.79 Å². The second-order valence-corrected chi connectivity index (χ2v) is 4.28. The summed E-state index contributed by atoms with van der Waals surface area (Å²) in [6.07, 6.45) is 9.87. The van der Waals surface area contributed by atoms with Gasteiger partial charge in [-0.05, 0) is 25.2 Å². The molecule has 0 aromatic rings. The molecule has 3 nitrogen and oxygen atoms in total. The Morgan fingerprint density at radius 1 is 1.67 bits per heavy atom. The van der Waals surface area contributed by atoms with Crippen LogP contribution in [-0.4, -0.2) is 18.0 Å². The maximum absolute atomic E-state index is 11.5. The molecule has 2 unspecified atom stereocenters. The molecule has 1 amide bonds. The van der Waals surface area contributed by atoms with Crippen LogP contribution in [0.1, 0.15) is 39.0 Å². The van der Waals surface area contributed by atoms with Crippen molar-refractivity contribution >= 4 is 5.91 Å². The van der Waals surface area contributed by atoms with Crippen LogP contribution < -0.4 is 11.1 Å². The van der Waals surface area contributed by atoms with Gasteiger partial charge in [0, 0.05) is 12.5 Å². The number of hydrogen-bond donors (Lipinski definition) is 2. The molecular weight excluding hydrogens is 188 g/mol. The quantitative estimate of drug-likeness (QED) is 0.641. The molecule has 2 atom stereocenters. The number of nitrogens with one attached hydrogen (secondary N) is 1. The zero-order valence-corrected chi connectivity index (χ0v) is 9.33. The fourth-order valence-electron chi connectivity index (χ4n) is 1.64. The number of terminal acetylenes is 1. The molecule has 1 fully saturated rings. The lowest BCUT2D eigenvalue weighted by Gasteiger charge is -2.14. The number of carbonyl (C=O) groups excluding carboxylic acids is 1. The van der Waals surface area contributed by atoms with Gasteiger partial charge in [-0.15, -0.1) is 6.42 Å². The van der Waals surface area contributed by atoms with Gasteiger partial charge in [-0.3, -0.25) is 4.79 Å². The van der Waals surface area contributed by atoms with E-state index in [0.717, 1.165) is 12.8 Å². The van der Waals surface area contributed by atoms with Gasteiger partial charge in [-0.2, -0.15) is 0 Å². The molecule has 15 heavy (non-hydrogen) atoms. The Morgan fingerprint density at radius 2 is 2.33 bits per heavy atom. The second-order valence-electron chi connectivity index (χ2n) is 4.28. The molecule has 0 spiro atoms. The van der Waals surface area contributed by atoms with E-state index >= 15 is 0 Å². The molecule has 0 aromatic carbocycles. The van der Waals surface area contributed by atoms with Crippen LogP contribution in [0.25, 0.3) is 0 Å². The Morgan fingerprint density at radius 3 is 2.80 bits per heavy atom. The van der Waals surface area contributed by atoms with Gasteiger partial charge in [0.15, 0.2) is 0 Å². The van der Waals surface area contributed by atoms with Crippen molar-refractivity contribution in [3.63, 3.8) is 0 Å². The fraction of sp³-hybridized carbons (Fsp3) is 0.750. The van der Waals surface area contributed by atoms with Crippen LogP contribution in [0.3, 0.4) is 0 Å². The molecule has 1 saturated carbocycles. The molecule has 0 aromatic heterocycles. The second kappa shape index (κ2) is 5.77. The summed E-state index contributed by atoms with van der Waals surface area (Å²) in [5.41, 5.74) is 5.86. The zero-order chi connectivity index (χ0) is 11.3. The first-order chi connectivity index (χ1) is 7.17. The molecule has 3 N–H and O–H groups in total. The molecule has 0 saturated heterocycles. The van der Waals surface area contributed by atoms with Gasteiger partial charge < -0.3 is 11.1 Å². The van der Waals surface area contributed by atoms with Crippen molar-refractivity contribution in [3.8, 4) is 12.3 Å². The third-order valence-corrected chi connectivity index (χ3v) is 2.76. The van der Waals surface area contributed by atoms with E-state index < -0.39 is 0 Å². The predicted molar refractivity (Wildman–Crippen MR) is 61.0 cm³/mol. The molecule has 3 heteroatoms.